The van der Waals surface area contributed by atoms with Gasteiger partial charge in [0.2, 0.25) is 11.9 Å². The van der Waals surface area contributed by atoms with Gasteiger partial charge in [0.05, 0.1) is 24.6 Å². The van der Waals surface area contributed by atoms with Crippen LogP contribution in [0.15, 0.2) is 24.3 Å². The van der Waals surface area contributed by atoms with E-state index in [2.05, 4.69) is 15.3 Å². The van der Waals surface area contributed by atoms with E-state index in [0.29, 0.717) is 36.2 Å². The second-order valence-electron chi connectivity index (χ2n) is 9.43. The molecule has 2 heterocycles. The summed E-state index contributed by atoms with van der Waals surface area (Å²) >= 11 is 0. The molecular weight excluding hydrogens is 415 g/mol. The minimum absolute atomic E-state index is 0.00483. The molecule has 2 aliphatic rings. The Bertz CT molecular complexity index is 818. The highest BCUT2D eigenvalue weighted by Crippen LogP contribution is 2.24. The Labute approximate surface area is 188 Å². The first-order chi connectivity index (χ1) is 15.2. The largest absolute Gasteiger partial charge is 0.486 e. The highest BCUT2D eigenvalue weighted by molar-refractivity contribution is 5.80. The molecule has 1 saturated heterocycles. The first kappa shape index (κ1) is 23.9. The van der Waals surface area contributed by atoms with Gasteiger partial charge < -0.3 is 19.7 Å². The van der Waals surface area contributed by atoms with Gasteiger partial charge in [-0.3, -0.25) is 9.59 Å². The Balaban J connectivity index is 1.45. The first-order valence-electron chi connectivity index (χ1n) is 11.2. The summed E-state index contributed by atoms with van der Waals surface area (Å²) in [7, 11) is 0. The van der Waals surface area contributed by atoms with Crippen LogP contribution in [0.25, 0.3) is 0 Å². The zero-order valence-corrected chi connectivity index (χ0v) is 19.1. The number of ether oxygens (including phenoxy) is 2. The van der Waals surface area contributed by atoms with Crippen LogP contribution in [0.3, 0.4) is 0 Å². The summed E-state index contributed by atoms with van der Waals surface area (Å²) in [5.74, 6) is 0.646. The molecule has 1 amide bonds. The third-order valence-electron chi connectivity index (χ3n) is 5.26. The number of anilines is 1. The lowest BCUT2D eigenvalue weighted by Crippen LogP contribution is -2.44. The molecule has 1 aromatic heterocycles. The van der Waals surface area contributed by atoms with E-state index in [1.807, 2.05) is 4.90 Å². The zero-order valence-electron chi connectivity index (χ0n) is 19.1. The van der Waals surface area contributed by atoms with Gasteiger partial charge in [-0.1, -0.05) is 0 Å². The molecule has 176 valence electrons. The van der Waals surface area contributed by atoms with E-state index in [0.717, 1.165) is 32.2 Å². The predicted molar refractivity (Wildman–Crippen MR) is 118 cm³/mol. The molecule has 0 unspecified atom stereocenters. The van der Waals surface area contributed by atoms with Crippen LogP contribution < -0.4 is 15.0 Å². The molecule has 1 aliphatic carbocycles. The molecule has 9 heteroatoms. The lowest BCUT2D eigenvalue weighted by molar-refractivity contribution is -0.154. The fraction of sp³-hybridized carbons (Fsp3) is 0.652. The number of nitrogens with one attached hydrogen (secondary N) is 1. The van der Waals surface area contributed by atoms with Crippen LogP contribution in [-0.2, 0) is 14.3 Å². The first-order valence-corrected chi connectivity index (χ1v) is 11.2. The van der Waals surface area contributed by atoms with E-state index in [4.69, 9.17) is 9.47 Å². The van der Waals surface area contributed by atoms with Crippen LogP contribution in [0.5, 0.6) is 5.75 Å². The van der Waals surface area contributed by atoms with Crippen molar-refractivity contribution < 1.29 is 23.5 Å². The lowest BCUT2D eigenvalue weighted by atomic mass is 9.97. The molecule has 0 aromatic carbocycles. The molecular formula is C23H33FN4O4. The number of piperidine rings is 1. The molecule has 1 aliphatic heterocycles. The number of esters is 1. The summed E-state index contributed by atoms with van der Waals surface area (Å²) in [6.07, 6.45) is 7.77. The van der Waals surface area contributed by atoms with Crippen LogP contribution in [-0.4, -0.2) is 53.2 Å². The zero-order chi connectivity index (χ0) is 23.1. The van der Waals surface area contributed by atoms with Crippen LogP contribution in [0.1, 0.15) is 59.3 Å². The molecule has 3 rings (SSSR count). The van der Waals surface area contributed by atoms with Crippen molar-refractivity contribution in [2.24, 2.45) is 5.92 Å². The van der Waals surface area contributed by atoms with Crippen LogP contribution >= 0.6 is 0 Å². The third kappa shape index (κ3) is 7.76. The Morgan fingerprint density at radius 1 is 1.22 bits per heavy atom. The maximum Gasteiger partial charge on any atom is 0.306 e. The second-order valence-corrected chi connectivity index (χ2v) is 9.43. The van der Waals surface area contributed by atoms with Gasteiger partial charge in [-0.05, 0) is 58.4 Å². The SMILES string of the molecule is CC(C)(C)OC(=O)CC/C(=C\F)COc1cnc(N2CCC[C@H](C(=O)NC3CC3)C2)nc1. The van der Waals surface area contributed by atoms with Crippen molar-refractivity contribution in [1.82, 2.24) is 15.3 Å². The normalized spacial score (nSPS) is 19.4. The van der Waals surface area contributed by atoms with E-state index in [9.17, 15) is 14.0 Å². The van der Waals surface area contributed by atoms with E-state index >= 15 is 0 Å². The summed E-state index contributed by atoms with van der Waals surface area (Å²) < 4.78 is 24.0. The number of amides is 1. The number of nitrogens with zero attached hydrogens (tertiary/aromatic N) is 3. The molecule has 32 heavy (non-hydrogen) atoms. The summed E-state index contributed by atoms with van der Waals surface area (Å²) in [5.41, 5.74) is -0.220. The minimum Gasteiger partial charge on any atom is -0.486 e. The summed E-state index contributed by atoms with van der Waals surface area (Å²) in [6, 6.07) is 0.359. The van der Waals surface area contributed by atoms with E-state index in [1.54, 1.807) is 33.2 Å². The maximum atomic E-state index is 13.2. The predicted octanol–water partition coefficient (Wildman–Crippen LogP) is 3.33. The lowest BCUT2D eigenvalue weighted by Gasteiger charge is -2.32. The molecule has 8 nitrogen and oxygen atoms in total. The fourth-order valence-electron chi connectivity index (χ4n) is 3.46. The summed E-state index contributed by atoms with van der Waals surface area (Å²) in [5, 5.41) is 3.07. The number of halogens is 1. The molecule has 0 radical (unpaired) electrons. The van der Waals surface area contributed by atoms with Gasteiger partial charge in [0.15, 0.2) is 5.75 Å². The standard InChI is InChI=1S/C23H33FN4O4/c1-23(2,3)32-20(29)9-6-16(11-24)15-31-19-12-25-22(26-13-19)28-10-4-5-17(14-28)21(30)27-18-7-8-18/h11-13,17-18H,4-10,14-15H2,1-3H3,(H,27,30)/b16-11+/t17-/m0/s1. The molecule has 0 bridgehead atoms. The average Bonchev–Trinajstić information content (AvgIpc) is 3.57. The van der Waals surface area contributed by atoms with Crippen molar-refractivity contribution >= 4 is 17.8 Å². The smallest absolute Gasteiger partial charge is 0.306 e. The molecule has 1 N–H and O–H groups in total. The van der Waals surface area contributed by atoms with Crippen molar-refractivity contribution in [3.05, 3.63) is 24.3 Å². The van der Waals surface area contributed by atoms with Gasteiger partial charge in [0.1, 0.15) is 12.2 Å². The average molecular weight is 449 g/mol. The van der Waals surface area contributed by atoms with Crippen molar-refractivity contribution in [2.45, 2.75) is 70.9 Å². The van der Waals surface area contributed by atoms with Gasteiger partial charge in [0, 0.05) is 25.6 Å². The number of aromatic nitrogens is 2. The highest BCUT2D eigenvalue weighted by atomic mass is 19.1. The maximum absolute atomic E-state index is 13.2. The van der Waals surface area contributed by atoms with Gasteiger partial charge in [-0.2, -0.15) is 0 Å². The minimum atomic E-state index is -0.568. The van der Waals surface area contributed by atoms with Gasteiger partial charge in [-0.15, -0.1) is 0 Å². The van der Waals surface area contributed by atoms with Crippen molar-refractivity contribution in [3.63, 3.8) is 0 Å². The Kier molecular flexibility index (Phi) is 8.04. The Morgan fingerprint density at radius 3 is 2.56 bits per heavy atom. The number of carbonyl (C=O) groups excluding carboxylic acids is 2. The Hall–Kier alpha value is -2.71. The van der Waals surface area contributed by atoms with Crippen LogP contribution in [0.2, 0.25) is 0 Å². The molecule has 2 fully saturated rings. The van der Waals surface area contributed by atoms with Crippen molar-refractivity contribution in [2.75, 3.05) is 24.6 Å². The van der Waals surface area contributed by atoms with E-state index in [1.165, 1.54) is 0 Å². The van der Waals surface area contributed by atoms with Gasteiger partial charge in [0.25, 0.3) is 0 Å². The summed E-state index contributed by atoms with van der Waals surface area (Å²) in [6.45, 7) is 6.75. The third-order valence-corrected chi connectivity index (χ3v) is 5.26. The topological polar surface area (TPSA) is 93.7 Å². The second kappa shape index (κ2) is 10.7. The molecule has 1 saturated carbocycles. The van der Waals surface area contributed by atoms with Gasteiger partial charge in [-0.25, -0.2) is 14.4 Å². The number of hydrogen-bond donors (Lipinski definition) is 1. The monoisotopic (exact) mass is 448 g/mol. The van der Waals surface area contributed by atoms with Crippen LogP contribution in [0.4, 0.5) is 10.3 Å². The fourth-order valence-corrected chi connectivity index (χ4v) is 3.46. The van der Waals surface area contributed by atoms with Crippen LogP contribution in [0, 0.1) is 5.92 Å². The molecule has 1 atom stereocenters. The number of hydrogen-bond acceptors (Lipinski definition) is 7. The number of carbonyl (C=O) groups is 2. The quantitative estimate of drug-likeness (QED) is 0.579. The molecule has 1 aromatic rings. The van der Waals surface area contributed by atoms with E-state index in [-0.39, 0.29) is 37.2 Å². The van der Waals surface area contributed by atoms with Gasteiger partial charge >= 0.3 is 5.97 Å². The summed E-state index contributed by atoms with van der Waals surface area (Å²) in [4.78, 5) is 34.9. The van der Waals surface area contributed by atoms with E-state index < -0.39 is 5.60 Å². The molecule has 0 spiro atoms. The van der Waals surface area contributed by atoms with Crippen molar-refractivity contribution in [1.29, 1.82) is 0 Å². The highest BCUT2D eigenvalue weighted by Gasteiger charge is 2.31. The van der Waals surface area contributed by atoms with Crippen molar-refractivity contribution in [3.8, 4) is 5.75 Å². The number of rotatable bonds is 9. The Morgan fingerprint density at radius 2 is 1.94 bits per heavy atom.